The largest absolute Gasteiger partial charge is 0.497 e. The Labute approximate surface area is 187 Å². The van der Waals surface area contributed by atoms with Gasteiger partial charge in [0.05, 0.1) is 28.5 Å². The van der Waals surface area contributed by atoms with Crippen LogP contribution in [0, 0.1) is 16.0 Å². The molecule has 0 aliphatic carbocycles. The van der Waals surface area contributed by atoms with Gasteiger partial charge in [0.15, 0.2) is 5.78 Å². The van der Waals surface area contributed by atoms with E-state index in [2.05, 4.69) is 5.10 Å². The van der Waals surface area contributed by atoms with E-state index in [1.54, 1.807) is 48.5 Å². The molecule has 1 heterocycles. The first-order chi connectivity index (χ1) is 15.4. The molecule has 0 saturated carbocycles. The number of ketones is 1. The van der Waals surface area contributed by atoms with Gasteiger partial charge in [-0.3, -0.25) is 19.7 Å². The van der Waals surface area contributed by atoms with E-state index < -0.39 is 22.5 Å². The van der Waals surface area contributed by atoms with Crippen molar-refractivity contribution in [1.29, 1.82) is 0 Å². The summed E-state index contributed by atoms with van der Waals surface area (Å²) in [7, 11) is 1.51. The van der Waals surface area contributed by atoms with Crippen LogP contribution in [0.4, 0.5) is 11.4 Å². The Morgan fingerprint density at radius 3 is 2.47 bits per heavy atom. The molecule has 1 aliphatic heterocycles. The highest BCUT2D eigenvalue weighted by molar-refractivity contribution is 6.39. The summed E-state index contributed by atoms with van der Waals surface area (Å²) in [6.45, 7) is 0. The quantitative estimate of drug-likeness (QED) is 0.238. The van der Waals surface area contributed by atoms with Crippen molar-refractivity contribution in [2.24, 2.45) is 11.0 Å². The molecule has 0 fully saturated rings. The molecular formula is C23H16ClN3O5. The van der Waals surface area contributed by atoms with Crippen molar-refractivity contribution in [1.82, 2.24) is 0 Å². The number of non-ortho nitro benzene ring substituents is 1. The van der Waals surface area contributed by atoms with Crippen molar-refractivity contribution in [3.05, 3.63) is 99.1 Å². The number of amides is 1. The minimum absolute atomic E-state index is 0.124. The normalized spacial score (nSPS) is 15.4. The summed E-state index contributed by atoms with van der Waals surface area (Å²) in [4.78, 5) is 37.2. The number of nitrogens with zero attached hydrogens (tertiary/aromatic N) is 3. The second-order valence-corrected chi connectivity index (χ2v) is 7.33. The molecule has 9 heteroatoms. The number of hydrazone groups is 1. The molecule has 4 rings (SSSR count). The SMILES string of the molecule is COc1cccc(C2=NN(c3ccc([N+](=O)[O-])cc3)C(=O)C2C(=O)c2ccccc2Cl)c1. The number of methoxy groups -OCH3 is 1. The topological polar surface area (TPSA) is 102 Å². The van der Waals surface area contributed by atoms with E-state index >= 15 is 0 Å². The third-order valence-electron chi connectivity index (χ3n) is 5.01. The molecule has 8 nitrogen and oxygen atoms in total. The first-order valence-electron chi connectivity index (χ1n) is 9.51. The van der Waals surface area contributed by atoms with Crippen LogP contribution in [-0.4, -0.2) is 29.4 Å². The maximum atomic E-state index is 13.4. The average molecular weight is 450 g/mol. The lowest BCUT2D eigenvalue weighted by Crippen LogP contribution is -2.33. The minimum Gasteiger partial charge on any atom is -0.497 e. The number of hydrogen-bond donors (Lipinski definition) is 0. The fourth-order valence-electron chi connectivity index (χ4n) is 3.41. The third-order valence-corrected chi connectivity index (χ3v) is 5.34. The Morgan fingerprint density at radius 1 is 1.09 bits per heavy atom. The van der Waals surface area contributed by atoms with E-state index in [-0.39, 0.29) is 22.0 Å². The Kier molecular flexibility index (Phi) is 5.70. The molecule has 1 unspecified atom stereocenters. The van der Waals surface area contributed by atoms with Crippen LogP contribution in [0.3, 0.4) is 0 Å². The van der Waals surface area contributed by atoms with Gasteiger partial charge in [0, 0.05) is 23.3 Å². The van der Waals surface area contributed by atoms with Crippen LogP contribution >= 0.6 is 11.6 Å². The maximum Gasteiger partial charge on any atom is 0.269 e. The van der Waals surface area contributed by atoms with Crippen LogP contribution in [0.5, 0.6) is 5.75 Å². The van der Waals surface area contributed by atoms with Crippen molar-refractivity contribution in [3.8, 4) is 5.75 Å². The predicted molar refractivity (Wildman–Crippen MR) is 119 cm³/mol. The maximum absolute atomic E-state index is 13.4. The number of nitro benzene ring substituents is 1. The van der Waals surface area contributed by atoms with Gasteiger partial charge < -0.3 is 4.74 Å². The van der Waals surface area contributed by atoms with Gasteiger partial charge in [0.25, 0.3) is 11.6 Å². The number of Topliss-reactive ketones (excluding diaryl/α,β-unsaturated/α-hetero) is 1. The minimum atomic E-state index is -1.24. The van der Waals surface area contributed by atoms with E-state index in [0.29, 0.717) is 17.0 Å². The Hall–Kier alpha value is -4.04. The average Bonchev–Trinajstić information content (AvgIpc) is 3.16. The molecule has 0 aromatic heterocycles. The number of nitro groups is 1. The number of halogens is 1. The summed E-state index contributed by atoms with van der Waals surface area (Å²) in [5.74, 6) is -1.78. The first-order valence-corrected chi connectivity index (χ1v) is 9.88. The number of carbonyl (C=O) groups excluding carboxylic acids is 2. The third kappa shape index (κ3) is 3.83. The summed E-state index contributed by atoms with van der Waals surface area (Å²) >= 11 is 6.22. The summed E-state index contributed by atoms with van der Waals surface area (Å²) in [6, 6.07) is 18.7. The van der Waals surface area contributed by atoms with E-state index in [0.717, 1.165) is 5.01 Å². The summed E-state index contributed by atoms with van der Waals surface area (Å²) in [5, 5.41) is 16.7. The fraction of sp³-hybridized carbons (Fsp3) is 0.0870. The number of rotatable bonds is 6. The number of carbonyl (C=O) groups is 2. The zero-order chi connectivity index (χ0) is 22.8. The molecule has 0 N–H and O–H groups in total. The predicted octanol–water partition coefficient (Wildman–Crippen LogP) is 4.51. The molecule has 0 radical (unpaired) electrons. The van der Waals surface area contributed by atoms with Crippen LogP contribution < -0.4 is 9.75 Å². The second-order valence-electron chi connectivity index (χ2n) is 6.92. The summed E-state index contributed by atoms with van der Waals surface area (Å²) < 4.78 is 5.26. The van der Waals surface area contributed by atoms with Crippen molar-refractivity contribution in [2.75, 3.05) is 12.1 Å². The van der Waals surface area contributed by atoms with E-state index in [4.69, 9.17) is 16.3 Å². The molecule has 32 heavy (non-hydrogen) atoms. The van der Waals surface area contributed by atoms with E-state index in [1.807, 2.05) is 0 Å². The van der Waals surface area contributed by atoms with Gasteiger partial charge in [0.1, 0.15) is 11.7 Å². The summed E-state index contributed by atoms with van der Waals surface area (Å²) in [6.07, 6.45) is 0. The van der Waals surface area contributed by atoms with Crippen molar-refractivity contribution in [3.63, 3.8) is 0 Å². The lowest BCUT2D eigenvalue weighted by Gasteiger charge is -2.14. The molecule has 3 aromatic carbocycles. The monoisotopic (exact) mass is 449 g/mol. The lowest BCUT2D eigenvalue weighted by atomic mass is 9.89. The smallest absolute Gasteiger partial charge is 0.269 e. The molecule has 1 amide bonds. The van der Waals surface area contributed by atoms with Crippen molar-refractivity contribution in [2.45, 2.75) is 0 Å². The zero-order valence-electron chi connectivity index (χ0n) is 16.8. The van der Waals surface area contributed by atoms with Crippen LogP contribution in [0.2, 0.25) is 5.02 Å². The standard InChI is InChI=1S/C23H16ClN3O5/c1-32-17-6-4-5-14(13-17)21-20(22(28)18-7-2-3-8-19(18)24)23(29)26(25-21)15-9-11-16(12-10-15)27(30)31/h2-13,20H,1H3. The zero-order valence-corrected chi connectivity index (χ0v) is 17.5. The molecule has 3 aromatic rings. The summed E-state index contributed by atoms with van der Waals surface area (Å²) in [5.41, 5.74) is 1.15. The second kappa shape index (κ2) is 8.60. The fourth-order valence-corrected chi connectivity index (χ4v) is 3.64. The number of benzene rings is 3. The van der Waals surface area contributed by atoms with Gasteiger partial charge in [0.2, 0.25) is 0 Å². The van der Waals surface area contributed by atoms with Crippen LogP contribution in [-0.2, 0) is 4.79 Å². The highest BCUT2D eigenvalue weighted by Gasteiger charge is 2.43. The molecule has 0 bridgehead atoms. The molecule has 1 aliphatic rings. The highest BCUT2D eigenvalue weighted by Crippen LogP contribution is 2.32. The molecule has 0 spiro atoms. The number of anilines is 1. The van der Waals surface area contributed by atoms with Crippen molar-refractivity contribution >= 4 is 40.4 Å². The van der Waals surface area contributed by atoms with E-state index in [1.165, 1.54) is 31.4 Å². The molecule has 0 saturated heterocycles. The number of hydrogen-bond acceptors (Lipinski definition) is 6. The Morgan fingerprint density at radius 2 is 1.81 bits per heavy atom. The van der Waals surface area contributed by atoms with Gasteiger partial charge in [-0.1, -0.05) is 35.9 Å². The van der Waals surface area contributed by atoms with E-state index in [9.17, 15) is 19.7 Å². The Balaban J connectivity index is 1.81. The van der Waals surface area contributed by atoms with Gasteiger partial charge in [-0.25, -0.2) is 0 Å². The van der Waals surface area contributed by atoms with Crippen LogP contribution in [0.25, 0.3) is 0 Å². The van der Waals surface area contributed by atoms with Gasteiger partial charge >= 0.3 is 0 Å². The molecule has 160 valence electrons. The first kappa shape index (κ1) is 21.2. The van der Waals surface area contributed by atoms with Crippen LogP contribution in [0.15, 0.2) is 77.9 Å². The Bertz CT molecular complexity index is 1260. The number of ether oxygens (including phenoxy) is 1. The van der Waals surface area contributed by atoms with Crippen LogP contribution in [0.1, 0.15) is 15.9 Å². The van der Waals surface area contributed by atoms with Crippen molar-refractivity contribution < 1.29 is 19.2 Å². The molecule has 1 atom stereocenters. The highest BCUT2D eigenvalue weighted by atomic mass is 35.5. The van der Waals surface area contributed by atoms with Gasteiger partial charge in [-0.05, 0) is 36.4 Å². The van der Waals surface area contributed by atoms with Gasteiger partial charge in [-0.2, -0.15) is 10.1 Å². The van der Waals surface area contributed by atoms with Gasteiger partial charge in [-0.15, -0.1) is 0 Å². The molecular weight excluding hydrogens is 434 g/mol. The lowest BCUT2D eigenvalue weighted by molar-refractivity contribution is -0.384.